The third-order valence-corrected chi connectivity index (χ3v) is 6.08. The van der Waals surface area contributed by atoms with E-state index in [0.29, 0.717) is 18.1 Å². The number of amides is 1. The molecule has 1 unspecified atom stereocenters. The molecule has 28 heavy (non-hydrogen) atoms. The number of ether oxygens (including phenoxy) is 2. The van der Waals surface area contributed by atoms with Gasteiger partial charge in [-0.15, -0.1) is 11.3 Å². The van der Waals surface area contributed by atoms with E-state index < -0.39 is 0 Å². The maximum Gasteiger partial charge on any atom is 0.264 e. The number of allylic oxidation sites excluding steroid dienone is 4. The smallest absolute Gasteiger partial charge is 0.264 e. The van der Waals surface area contributed by atoms with Crippen LogP contribution in [0.5, 0.6) is 0 Å². The first-order valence-electron chi connectivity index (χ1n) is 9.40. The average molecular weight is 392 g/mol. The summed E-state index contributed by atoms with van der Waals surface area (Å²) in [6, 6.07) is 7.51. The number of carbonyl (C=O) groups excluding carboxylic acids is 1. The molecule has 1 atom stereocenters. The van der Waals surface area contributed by atoms with Crippen LogP contribution in [0, 0.1) is 0 Å². The van der Waals surface area contributed by atoms with Crippen molar-refractivity contribution in [3.8, 4) is 0 Å². The average Bonchev–Trinajstić information content (AvgIpc) is 3.45. The zero-order valence-corrected chi connectivity index (χ0v) is 16.1. The van der Waals surface area contributed by atoms with E-state index in [1.165, 1.54) is 11.3 Å². The van der Waals surface area contributed by atoms with E-state index in [4.69, 9.17) is 9.47 Å². The van der Waals surface area contributed by atoms with Gasteiger partial charge in [0, 0.05) is 25.0 Å². The predicted octanol–water partition coefficient (Wildman–Crippen LogP) is 4.75. The highest BCUT2D eigenvalue weighted by atomic mass is 32.1. The number of carbonyl (C=O) groups is 1. The zero-order chi connectivity index (χ0) is 18.9. The van der Waals surface area contributed by atoms with Gasteiger partial charge in [0.2, 0.25) is 0 Å². The summed E-state index contributed by atoms with van der Waals surface area (Å²) in [6.45, 7) is 1.39. The number of rotatable bonds is 3. The highest BCUT2D eigenvalue weighted by molar-refractivity contribution is 7.12. The standard InChI is InChI=1S/C22H20N2O3S/c25-22(20-9-5-13-28-20)24-12-11-23-10-4-8-17(23)21(24)19-15-26-14-18(27-19)16-6-2-1-3-7-16/h1-2,4-6,8-10,13-15,21H,3,7,11-12H2. The van der Waals surface area contributed by atoms with Gasteiger partial charge in [0.25, 0.3) is 5.91 Å². The molecular formula is C22H20N2O3S. The number of hydrogen-bond donors (Lipinski definition) is 0. The molecule has 2 aromatic rings. The van der Waals surface area contributed by atoms with Gasteiger partial charge in [-0.05, 0) is 42.0 Å². The van der Waals surface area contributed by atoms with Crippen LogP contribution >= 0.6 is 11.3 Å². The van der Waals surface area contributed by atoms with Crippen molar-refractivity contribution in [3.05, 3.63) is 94.3 Å². The minimum atomic E-state index is -0.318. The summed E-state index contributed by atoms with van der Waals surface area (Å²) in [5, 5.41) is 1.93. The highest BCUT2D eigenvalue weighted by Crippen LogP contribution is 2.38. The Bertz CT molecular complexity index is 1010. The van der Waals surface area contributed by atoms with Crippen LogP contribution in [0.4, 0.5) is 0 Å². The largest absolute Gasteiger partial charge is 0.465 e. The first-order valence-corrected chi connectivity index (χ1v) is 10.3. The van der Waals surface area contributed by atoms with E-state index in [1.807, 2.05) is 46.8 Å². The Kier molecular flexibility index (Phi) is 4.41. The fourth-order valence-corrected chi connectivity index (χ4v) is 4.53. The van der Waals surface area contributed by atoms with E-state index in [0.717, 1.165) is 35.5 Å². The number of hydrogen-bond acceptors (Lipinski definition) is 4. The van der Waals surface area contributed by atoms with Gasteiger partial charge in [-0.3, -0.25) is 4.79 Å². The van der Waals surface area contributed by atoms with Gasteiger partial charge >= 0.3 is 0 Å². The molecule has 0 N–H and O–H groups in total. The molecule has 2 aliphatic heterocycles. The fraction of sp³-hybridized carbons (Fsp3) is 0.227. The minimum absolute atomic E-state index is 0.0212. The first-order chi connectivity index (χ1) is 13.8. The van der Waals surface area contributed by atoms with Gasteiger partial charge in [0.05, 0.1) is 4.88 Å². The van der Waals surface area contributed by atoms with Crippen LogP contribution in [0.3, 0.4) is 0 Å². The lowest BCUT2D eigenvalue weighted by Crippen LogP contribution is -2.43. The van der Waals surface area contributed by atoms with Crippen molar-refractivity contribution < 1.29 is 14.3 Å². The number of nitrogens with zero attached hydrogens (tertiary/aromatic N) is 2. The van der Waals surface area contributed by atoms with E-state index in [9.17, 15) is 4.79 Å². The number of fused-ring (bicyclic) bond motifs is 1. The molecule has 0 fully saturated rings. The van der Waals surface area contributed by atoms with E-state index in [2.05, 4.69) is 16.7 Å². The normalized spacial score (nSPS) is 21.1. The SMILES string of the molecule is O=C(c1cccs1)N1CCn2cccc2C1C1=COC=C(C2=CC=CCC2)O1. The summed E-state index contributed by atoms with van der Waals surface area (Å²) < 4.78 is 14.1. The molecule has 0 spiro atoms. The molecule has 6 heteroatoms. The molecular weight excluding hydrogens is 372 g/mol. The van der Waals surface area contributed by atoms with Crippen molar-refractivity contribution in [2.24, 2.45) is 0 Å². The van der Waals surface area contributed by atoms with Crippen molar-refractivity contribution in [3.63, 3.8) is 0 Å². The Labute approximate surface area is 167 Å². The van der Waals surface area contributed by atoms with Gasteiger partial charge in [0.1, 0.15) is 18.6 Å². The molecule has 4 heterocycles. The van der Waals surface area contributed by atoms with E-state index >= 15 is 0 Å². The van der Waals surface area contributed by atoms with Gasteiger partial charge < -0.3 is 18.9 Å². The van der Waals surface area contributed by atoms with Gasteiger partial charge in [0.15, 0.2) is 11.5 Å². The number of thiophene rings is 1. The lowest BCUT2D eigenvalue weighted by atomic mass is 10.0. The van der Waals surface area contributed by atoms with Crippen LogP contribution in [0.15, 0.2) is 83.7 Å². The van der Waals surface area contributed by atoms with Crippen LogP contribution in [0.1, 0.15) is 34.2 Å². The van der Waals surface area contributed by atoms with Gasteiger partial charge in [-0.1, -0.05) is 24.3 Å². The molecule has 2 aromatic heterocycles. The Morgan fingerprint density at radius 1 is 1.18 bits per heavy atom. The molecule has 5 nitrogen and oxygen atoms in total. The molecule has 0 saturated carbocycles. The molecule has 1 aliphatic carbocycles. The summed E-state index contributed by atoms with van der Waals surface area (Å²) in [5.41, 5.74) is 2.14. The molecule has 5 rings (SSSR count). The monoisotopic (exact) mass is 392 g/mol. The summed E-state index contributed by atoms with van der Waals surface area (Å²) >= 11 is 1.46. The number of aromatic nitrogens is 1. The molecule has 142 valence electrons. The molecule has 1 amide bonds. The van der Waals surface area contributed by atoms with Gasteiger partial charge in [-0.25, -0.2) is 0 Å². The Morgan fingerprint density at radius 3 is 2.96 bits per heavy atom. The summed E-state index contributed by atoms with van der Waals surface area (Å²) in [4.78, 5) is 15.8. The lowest BCUT2D eigenvalue weighted by molar-refractivity contribution is 0.0576. The highest BCUT2D eigenvalue weighted by Gasteiger charge is 2.37. The zero-order valence-electron chi connectivity index (χ0n) is 15.3. The summed E-state index contributed by atoms with van der Waals surface area (Å²) in [6.07, 6.45) is 13.4. The molecule has 0 aromatic carbocycles. The van der Waals surface area contributed by atoms with E-state index in [1.54, 1.807) is 12.5 Å². The van der Waals surface area contributed by atoms with Crippen molar-refractivity contribution in [1.29, 1.82) is 0 Å². The van der Waals surface area contributed by atoms with Gasteiger partial charge in [-0.2, -0.15) is 0 Å². The Morgan fingerprint density at radius 2 is 2.14 bits per heavy atom. The van der Waals surface area contributed by atoms with Crippen molar-refractivity contribution >= 4 is 17.2 Å². The summed E-state index contributed by atoms with van der Waals surface area (Å²) in [7, 11) is 0. The maximum atomic E-state index is 13.2. The van der Waals surface area contributed by atoms with Crippen LogP contribution in [-0.4, -0.2) is 21.9 Å². The fourth-order valence-electron chi connectivity index (χ4n) is 3.85. The van der Waals surface area contributed by atoms with Crippen LogP contribution in [0.25, 0.3) is 0 Å². The third kappa shape index (κ3) is 2.99. The Balaban J connectivity index is 1.48. The second-order valence-corrected chi connectivity index (χ2v) is 7.85. The molecule has 3 aliphatic rings. The van der Waals surface area contributed by atoms with Crippen molar-refractivity contribution in [2.75, 3.05) is 6.54 Å². The first kappa shape index (κ1) is 17.1. The topological polar surface area (TPSA) is 43.7 Å². The van der Waals surface area contributed by atoms with E-state index in [-0.39, 0.29) is 11.9 Å². The van der Waals surface area contributed by atoms with Crippen molar-refractivity contribution in [1.82, 2.24) is 9.47 Å². The maximum absolute atomic E-state index is 13.2. The van der Waals surface area contributed by atoms with Crippen LogP contribution in [-0.2, 0) is 16.0 Å². The van der Waals surface area contributed by atoms with Crippen molar-refractivity contribution in [2.45, 2.75) is 25.4 Å². The second-order valence-electron chi connectivity index (χ2n) is 6.90. The second kappa shape index (κ2) is 7.20. The van der Waals surface area contributed by atoms with Crippen LogP contribution < -0.4 is 0 Å². The quantitative estimate of drug-likeness (QED) is 0.757. The molecule has 0 bridgehead atoms. The third-order valence-electron chi connectivity index (χ3n) is 5.22. The molecule has 0 radical (unpaired) electrons. The van der Waals surface area contributed by atoms with Crippen LogP contribution in [0.2, 0.25) is 0 Å². The Hall–Kier alpha value is -2.99. The minimum Gasteiger partial charge on any atom is -0.465 e. The predicted molar refractivity (Wildman–Crippen MR) is 107 cm³/mol. The summed E-state index contributed by atoms with van der Waals surface area (Å²) in [5.74, 6) is 1.37. The molecule has 0 saturated heterocycles. The lowest BCUT2D eigenvalue weighted by Gasteiger charge is -2.38.